The second-order valence-corrected chi connectivity index (χ2v) is 23.1. The zero-order valence-corrected chi connectivity index (χ0v) is 48.5. The van der Waals surface area contributed by atoms with Gasteiger partial charge in [-0.05, 0) is 12.8 Å². The monoisotopic (exact) mass is 1160 g/mol. The van der Waals surface area contributed by atoms with Gasteiger partial charge in [0.1, 0.15) is 67.1 Å². The normalized spacial score (nSPS) is 31.1. The zero-order chi connectivity index (χ0) is 59.0. The molecule has 14 N–H and O–H groups in total. The number of carbonyl (C=O) groups is 2. The first-order valence-electron chi connectivity index (χ1n) is 30.8. The molecule has 0 aromatic rings. The Bertz CT molecular complexity index is 1610. The van der Waals surface area contributed by atoms with Gasteiger partial charge in [0.05, 0.1) is 50.8 Å². The average molecular weight is 1160 g/mol. The van der Waals surface area contributed by atoms with E-state index >= 15 is 0 Å². The highest BCUT2D eigenvalue weighted by Gasteiger charge is 2.59. The third-order valence-electron chi connectivity index (χ3n) is 16.4. The quantitative estimate of drug-likeness (QED) is 0.0388. The molecule has 0 saturated carbocycles. The molecule has 19 atom stereocenters. The molecular formula is C58H109NO21. The van der Waals surface area contributed by atoms with Crippen LogP contribution in [0.25, 0.3) is 0 Å². The van der Waals surface area contributed by atoms with E-state index in [1.54, 1.807) is 0 Å². The fraction of sp³-hybridized carbons (Fsp3) is 0.966. The molecular weight excluding hydrogens is 1050 g/mol. The first-order chi connectivity index (χ1) is 38.4. The Morgan fingerprint density at radius 2 is 1.06 bits per heavy atom. The molecule has 3 heterocycles. The number of unbranched alkanes of at least 4 members (excludes halogenated alkanes) is 25. The van der Waals surface area contributed by atoms with Gasteiger partial charge in [-0.2, -0.15) is 0 Å². The number of carboxylic acids is 1. The van der Waals surface area contributed by atoms with Gasteiger partial charge in [-0.1, -0.05) is 188 Å². The number of hydrogen-bond donors (Lipinski definition) is 14. The molecule has 3 aliphatic rings. The smallest absolute Gasteiger partial charge is 0.364 e. The molecule has 1 amide bonds. The Hall–Kier alpha value is -1.78. The van der Waals surface area contributed by atoms with Gasteiger partial charge in [-0.3, -0.25) is 4.79 Å². The van der Waals surface area contributed by atoms with Crippen LogP contribution < -0.4 is 5.32 Å². The summed E-state index contributed by atoms with van der Waals surface area (Å²) in [6.07, 6.45) is 1.71. The van der Waals surface area contributed by atoms with Crippen LogP contribution in [0, 0.1) is 5.92 Å². The Morgan fingerprint density at radius 1 is 0.588 bits per heavy atom. The van der Waals surface area contributed by atoms with Crippen molar-refractivity contribution in [3.8, 4) is 0 Å². The summed E-state index contributed by atoms with van der Waals surface area (Å²) in [4.78, 5) is 26.2. The van der Waals surface area contributed by atoms with Crippen LogP contribution in [0.4, 0.5) is 0 Å². The van der Waals surface area contributed by atoms with Crippen molar-refractivity contribution >= 4 is 11.9 Å². The molecule has 3 aliphatic heterocycles. The lowest BCUT2D eigenvalue weighted by atomic mass is 9.84. The molecule has 472 valence electrons. The van der Waals surface area contributed by atoms with Crippen molar-refractivity contribution in [1.29, 1.82) is 0 Å². The highest BCUT2D eigenvalue weighted by Crippen LogP contribution is 2.40. The number of aliphatic carboxylic acids is 1. The van der Waals surface area contributed by atoms with Gasteiger partial charge < -0.3 is 100 Å². The molecule has 80 heavy (non-hydrogen) atoms. The van der Waals surface area contributed by atoms with Gasteiger partial charge in [0.15, 0.2) is 12.6 Å². The summed E-state index contributed by atoms with van der Waals surface area (Å²) in [5, 5.41) is 143. The predicted molar refractivity (Wildman–Crippen MR) is 295 cm³/mol. The fourth-order valence-electron chi connectivity index (χ4n) is 11.1. The van der Waals surface area contributed by atoms with E-state index in [9.17, 15) is 76.0 Å². The second kappa shape index (κ2) is 40.5. The van der Waals surface area contributed by atoms with E-state index in [0.717, 1.165) is 51.4 Å². The predicted octanol–water partition coefficient (Wildman–Crippen LogP) is 3.49. The van der Waals surface area contributed by atoms with Crippen LogP contribution in [-0.2, 0) is 38.0 Å². The molecule has 3 saturated heterocycles. The third-order valence-corrected chi connectivity index (χ3v) is 16.4. The van der Waals surface area contributed by atoms with Crippen molar-refractivity contribution in [2.45, 2.75) is 323 Å². The van der Waals surface area contributed by atoms with E-state index in [-0.39, 0.29) is 18.7 Å². The van der Waals surface area contributed by atoms with Gasteiger partial charge in [-0.25, -0.2) is 4.79 Å². The first-order valence-corrected chi connectivity index (χ1v) is 30.8. The number of carbonyl (C=O) groups excluding carboxylic acids is 1. The minimum absolute atomic E-state index is 0.155. The van der Waals surface area contributed by atoms with Gasteiger partial charge >= 0.3 is 5.97 Å². The van der Waals surface area contributed by atoms with Gasteiger partial charge in [0.25, 0.3) is 5.79 Å². The van der Waals surface area contributed by atoms with Crippen LogP contribution in [-0.4, -0.2) is 215 Å². The van der Waals surface area contributed by atoms with Crippen molar-refractivity contribution < 1.29 is 104 Å². The first kappa shape index (κ1) is 72.5. The molecule has 3 fully saturated rings. The van der Waals surface area contributed by atoms with Crippen LogP contribution in [0.5, 0.6) is 0 Å². The Kier molecular flexibility index (Phi) is 36.7. The molecule has 3 rings (SSSR count). The molecule has 0 bridgehead atoms. The molecule has 22 heteroatoms. The van der Waals surface area contributed by atoms with Crippen LogP contribution in [0.15, 0.2) is 0 Å². The summed E-state index contributed by atoms with van der Waals surface area (Å²) >= 11 is 0. The van der Waals surface area contributed by atoms with Gasteiger partial charge in [-0.15, -0.1) is 0 Å². The summed E-state index contributed by atoms with van der Waals surface area (Å²) in [5.41, 5.74) is 0. The second-order valence-electron chi connectivity index (χ2n) is 23.1. The Balaban J connectivity index is 1.64. The minimum Gasteiger partial charge on any atom is -0.477 e. The lowest BCUT2D eigenvalue weighted by Crippen LogP contribution is -2.68. The summed E-state index contributed by atoms with van der Waals surface area (Å²) in [6, 6.07) is -1.20. The molecule has 0 aromatic heterocycles. The van der Waals surface area contributed by atoms with Gasteiger partial charge in [0, 0.05) is 18.8 Å². The number of aliphatic hydroxyl groups excluding tert-OH is 12. The molecule has 0 spiro atoms. The molecule has 0 aromatic carbocycles. The van der Waals surface area contributed by atoms with Crippen molar-refractivity contribution in [1.82, 2.24) is 5.32 Å². The van der Waals surface area contributed by atoms with Crippen molar-refractivity contribution in [3.63, 3.8) is 0 Å². The molecule has 22 nitrogen and oxygen atoms in total. The maximum atomic E-state index is 13.4. The van der Waals surface area contributed by atoms with Crippen molar-refractivity contribution in [3.05, 3.63) is 0 Å². The van der Waals surface area contributed by atoms with E-state index in [2.05, 4.69) is 19.2 Å². The van der Waals surface area contributed by atoms with Crippen molar-refractivity contribution in [2.75, 3.05) is 26.4 Å². The number of ether oxygens (including phenoxy) is 6. The van der Waals surface area contributed by atoms with Crippen LogP contribution in [0.3, 0.4) is 0 Å². The molecule has 6 unspecified atom stereocenters. The van der Waals surface area contributed by atoms with E-state index in [1.807, 2.05) is 0 Å². The third kappa shape index (κ3) is 24.3. The number of amides is 1. The summed E-state index contributed by atoms with van der Waals surface area (Å²) in [5.74, 6) is -6.23. The average Bonchev–Trinajstić information content (AvgIpc) is 3.54. The minimum atomic E-state index is -2.93. The number of rotatable bonds is 45. The topological polar surface area (TPSA) is 365 Å². The maximum Gasteiger partial charge on any atom is 0.364 e. The van der Waals surface area contributed by atoms with E-state index in [1.165, 1.54) is 116 Å². The standard InChI is InChI=1S/C58H109NO21/c1-4-6-8-10-12-14-16-18-19-20-22-24-26-28-30-32-45(66)59-39(46(67)40(63)31-29-27-25-23-21-17-15-13-11-9-7-5-2)37-75-55-50(71)49(70)53(44(36-62)77-55)78-56-51(72)54(48(69)43(35-61)76-56)80-58(57(73)74)33-41(64)38(3)52(79-58)47(68)42(65)34-60/h38-44,46-56,60-65,67-72H,4-37H2,1-3H3,(H,59,66)(H,73,74)/t38-,39-,40+,41?,42+,43?,44+,46-,47+,48-,49?,50?,51?,52+,53+,54-,55-,56-,58?/m0/s1. The lowest BCUT2D eigenvalue weighted by molar-refractivity contribution is -0.388. The highest BCUT2D eigenvalue weighted by atomic mass is 16.8. The SMILES string of the molecule is CCCCCCCCCCCCCCCCCC(=O)N[C@@H](CO[C@H]1O[C@H](CO)[C@@H](O[C@@H]2OC(CO)[C@H](O)[C@H](OC3(C(=O)O)CC(O)[C@H](C)[C@H]([C@H](O)[C@H](O)CO)O3)C2O)C(O)C1O)[C@H](O)[C@H](O)CCCCCCCCCCCCCC. The molecule has 0 radical (unpaired) electrons. The summed E-state index contributed by atoms with van der Waals surface area (Å²) in [6.45, 7) is 2.47. The number of carboxylic acid groups (broad SMARTS) is 1. The summed E-state index contributed by atoms with van der Waals surface area (Å²) < 4.78 is 34.6. The van der Waals surface area contributed by atoms with Crippen LogP contribution in [0.1, 0.15) is 213 Å². The zero-order valence-electron chi connectivity index (χ0n) is 48.5. The van der Waals surface area contributed by atoms with E-state index in [0.29, 0.717) is 12.8 Å². The number of nitrogens with one attached hydrogen (secondary N) is 1. The van der Waals surface area contributed by atoms with E-state index < -0.39 is 155 Å². The number of aliphatic hydroxyl groups is 12. The highest BCUT2D eigenvalue weighted by molar-refractivity contribution is 5.76. The van der Waals surface area contributed by atoms with Crippen molar-refractivity contribution in [2.24, 2.45) is 5.92 Å². The maximum absolute atomic E-state index is 13.4. The lowest BCUT2D eigenvalue weighted by Gasteiger charge is -2.50. The largest absolute Gasteiger partial charge is 0.477 e. The Morgan fingerprint density at radius 3 is 1.54 bits per heavy atom. The Labute approximate surface area is 475 Å². The van der Waals surface area contributed by atoms with Crippen LogP contribution >= 0.6 is 0 Å². The number of hydrogen-bond acceptors (Lipinski definition) is 20. The molecule has 0 aliphatic carbocycles. The van der Waals surface area contributed by atoms with Crippen LogP contribution in [0.2, 0.25) is 0 Å². The van der Waals surface area contributed by atoms with E-state index in [4.69, 9.17) is 28.4 Å². The van der Waals surface area contributed by atoms with Gasteiger partial charge in [0.2, 0.25) is 5.91 Å². The fourth-order valence-corrected chi connectivity index (χ4v) is 11.1. The summed E-state index contributed by atoms with van der Waals surface area (Å²) in [7, 11) is 0.